The fraction of sp³-hybridized carbons (Fsp3) is 0.375. The molecule has 0 amide bonds. The maximum absolute atomic E-state index is 13.1. The summed E-state index contributed by atoms with van der Waals surface area (Å²) >= 11 is 6.23. The van der Waals surface area contributed by atoms with Gasteiger partial charge >= 0.3 is 6.18 Å². The molecule has 2 saturated carbocycles. The molecule has 2 aromatic carbocycles. The van der Waals surface area contributed by atoms with E-state index in [1.54, 1.807) is 18.2 Å². The van der Waals surface area contributed by atoms with Crippen molar-refractivity contribution in [2.75, 3.05) is 0 Å². The van der Waals surface area contributed by atoms with Gasteiger partial charge in [0, 0.05) is 22.5 Å². The average molecular weight is 508 g/mol. The standard InChI is InChI=1S/C24H21ClF3N3O2S/c1-23(24(26,27)28)12-21(23)30-34(32,33)17-8-5-14(6-9-17)22-19(13-29)18-10-7-15(25)11-20(18)31(22)16-3-2-4-16/h5-11,16,21,30H,2-4,12H2,1H3. The number of alkyl halides is 3. The molecule has 0 radical (unpaired) electrons. The molecule has 0 spiro atoms. The molecule has 2 fully saturated rings. The fourth-order valence-electron chi connectivity index (χ4n) is 4.60. The van der Waals surface area contributed by atoms with Crippen LogP contribution in [0.15, 0.2) is 47.4 Å². The minimum absolute atomic E-state index is 0.125. The second-order valence-electron chi connectivity index (χ2n) is 9.27. The monoisotopic (exact) mass is 507 g/mol. The quantitative estimate of drug-likeness (QED) is 0.448. The third kappa shape index (κ3) is 3.60. The van der Waals surface area contributed by atoms with Gasteiger partial charge in [-0.2, -0.15) is 18.4 Å². The highest BCUT2D eigenvalue weighted by molar-refractivity contribution is 7.89. The Balaban J connectivity index is 1.52. The molecule has 10 heteroatoms. The first-order valence-electron chi connectivity index (χ1n) is 10.9. The Morgan fingerprint density at radius 2 is 1.85 bits per heavy atom. The zero-order chi connectivity index (χ0) is 24.5. The van der Waals surface area contributed by atoms with Gasteiger partial charge in [0.05, 0.1) is 27.1 Å². The van der Waals surface area contributed by atoms with E-state index in [-0.39, 0.29) is 17.4 Å². The van der Waals surface area contributed by atoms with Gasteiger partial charge in [-0.25, -0.2) is 13.1 Å². The van der Waals surface area contributed by atoms with E-state index in [9.17, 15) is 26.9 Å². The first kappa shape index (κ1) is 23.2. The Hall–Kier alpha value is -2.54. The van der Waals surface area contributed by atoms with Gasteiger partial charge in [-0.3, -0.25) is 0 Å². The van der Waals surface area contributed by atoms with Crippen LogP contribution in [0.3, 0.4) is 0 Å². The van der Waals surface area contributed by atoms with Crippen LogP contribution >= 0.6 is 11.6 Å². The smallest absolute Gasteiger partial charge is 0.336 e. The lowest BCUT2D eigenvalue weighted by Crippen LogP contribution is -2.34. The van der Waals surface area contributed by atoms with Crippen LogP contribution < -0.4 is 4.72 Å². The van der Waals surface area contributed by atoms with Crippen LogP contribution in [0.4, 0.5) is 13.2 Å². The van der Waals surface area contributed by atoms with Gasteiger partial charge in [-0.05, 0) is 68.5 Å². The molecule has 0 aliphatic heterocycles. The molecule has 2 unspecified atom stereocenters. The number of benzene rings is 2. The van der Waals surface area contributed by atoms with E-state index in [1.807, 2.05) is 12.1 Å². The van der Waals surface area contributed by atoms with E-state index < -0.39 is 27.7 Å². The normalized spacial score (nSPS) is 23.0. The summed E-state index contributed by atoms with van der Waals surface area (Å²) in [5, 5.41) is 11.3. The third-order valence-electron chi connectivity index (χ3n) is 7.14. The number of aromatic nitrogens is 1. The lowest BCUT2D eigenvalue weighted by Gasteiger charge is -2.30. The van der Waals surface area contributed by atoms with E-state index in [0.717, 1.165) is 37.1 Å². The average Bonchev–Trinajstić information content (AvgIpc) is 3.29. The summed E-state index contributed by atoms with van der Waals surface area (Å²) in [6.07, 6.45) is -1.76. The number of halogens is 4. The van der Waals surface area contributed by atoms with Gasteiger partial charge in [0.15, 0.2) is 0 Å². The topological polar surface area (TPSA) is 74.9 Å². The van der Waals surface area contributed by atoms with Crippen molar-refractivity contribution in [2.45, 2.75) is 55.8 Å². The van der Waals surface area contributed by atoms with E-state index in [1.165, 1.54) is 12.1 Å². The molecule has 2 aliphatic carbocycles. The molecule has 1 N–H and O–H groups in total. The van der Waals surface area contributed by atoms with Crippen LogP contribution in [-0.4, -0.2) is 25.2 Å². The number of hydrogen-bond donors (Lipinski definition) is 1. The van der Waals surface area contributed by atoms with Gasteiger partial charge < -0.3 is 4.57 Å². The minimum atomic E-state index is -4.48. The van der Waals surface area contributed by atoms with Crippen molar-refractivity contribution in [1.82, 2.24) is 9.29 Å². The van der Waals surface area contributed by atoms with Gasteiger partial charge in [-0.15, -0.1) is 0 Å². The predicted octanol–water partition coefficient (Wildman–Crippen LogP) is 6.18. The summed E-state index contributed by atoms with van der Waals surface area (Å²) in [7, 11) is -4.13. The van der Waals surface area contributed by atoms with Gasteiger partial charge in [0.25, 0.3) is 0 Å². The van der Waals surface area contributed by atoms with Crippen molar-refractivity contribution in [3.05, 3.63) is 53.1 Å². The lowest BCUT2D eigenvalue weighted by molar-refractivity contribution is -0.183. The Labute approximate surface area is 200 Å². The van der Waals surface area contributed by atoms with Crippen LogP contribution in [0, 0.1) is 16.7 Å². The Morgan fingerprint density at radius 1 is 1.18 bits per heavy atom. The van der Waals surface area contributed by atoms with Crippen molar-refractivity contribution in [2.24, 2.45) is 5.41 Å². The van der Waals surface area contributed by atoms with E-state index >= 15 is 0 Å². The zero-order valence-corrected chi connectivity index (χ0v) is 19.7. The SMILES string of the molecule is CC1(C(F)(F)F)CC1NS(=O)(=O)c1ccc(-c2c(C#N)c3ccc(Cl)cc3n2C2CCC2)cc1. The van der Waals surface area contributed by atoms with Crippen LogP contribution in [0.1, 0.15) is 44.2 Å². The van der Waals surface area contributed by atoms with Gasteiger partial charge in [0.1, 0.15) is 6.07 Å². The number of nitrogens with one attached hydrogen (secondary N) is 1. The molecule has 178 valence electrons. The Kier molecular flexibility index (Phi) is 5.28. The maximum Gasteiger partial charge on any atom is 0.395 e. The first-order valence-corrected chi connectivity index (χ1v) is 12.8. The molecule has 1 aromatic heterocycles. The number of sulfonamides is 1. The molecule has 2 aliphatic rings. The Bertz CT molecular complexity index is 1440. The van der Waals surface area contributed by atoms with Gasteiger partial charge in [0.2, 0.25) is 10.0 Å². The summed E-state index contributed by atoms with van der Waals surface area (Å²) in [5.74, 6) is 0. The van der Waals surface area contributed by atoms with Crippen LogP contribution in [-0.2, 0) is 10.0 Å². The maximum atomic E-state index is 13.1. The number of fused-ring (bicyclic) bond motifs is 1. The van der Waals surface area contributed by atoms with Crippen LogP contribution in [0.25, 0.3) is 22.2 Å². The van der Waals surface area contributed by atoms with Crippen LogP contribution in [0.2, 0.25) is 5.02 Å². The van der Waals surface area contributed by atoms with E-state index in [2.05, 4.69) is 15.4 Å². The molecule has 1 heterocycles. The second kappa shape index (κ2) is 7.74. The summed E-state index contributed by atoms with van der Waals surface area (Å²) in [6, 6.07) is 12.6. The number of hydrogen-bond acceptors (Lipinski definition) is 3. The van der Waals surface area contributed by atoms with Crippen molar-refractivity contribution in [3.63, 3.8) is 0 Å². The lowest BCUT2D eigenvalue weighted by atomic mass is 9.92. The zero-order valence-electron chi connectivity index (χ0n) is 18.2. The number of nitriles is 1. The van der Waals surface area contributed by atoms with Crippen molar-refractivity contribution in [3.8, 4) is 17.3 Å². The summed E-state index contributed by atoms with van der Waals surface area (Å²) < 4.78 is 69.2. The fourth-order valence-corrected chi connectivity index (χ4v) is 6.12. The molecule has 0 bridgehead atoms. The molecular formula is C24H21ClF3N3O2S. The molecule has 5 nitrogen and oxygen atoms in total. The van der Waals surface area contributed by atoms with E-state index in [4.69, 9.17) is 11.6 Å². The largest absolute Gasteiger partial charge is 0.395 e. The molecular weight excluding hydrogens is 487 g/mol. The number of nitrogens with zero attached hydrogens (tertiary/aromatic N) is 2. The van der Waals surface area contributed by atoms with Crippen molar-refractivity contribution >= 4 is 32.5 Å². The summed E-state index contributed by atoms with van der Waals surface area (Å²) in [4.78, 5) is -0.125. The highest BCUT2D eigenvalue weighted by Crippen LogP contribution is 2.57. The highest BCUT2D eigenvalue weighted by Gasteiger charge is 2.68. The molecule has 2 atom stereocenters. The van der Waals surface area contributed by atoms with Crippen molar-refractivity contribution < 1.29 is 21.6 Å². The van der Waals surface area contributed by atoms with E-state index in [0.29, 0.717) is 21.8 Å². The number of rotatable bonds is 5. The Morgan fingerprint density at radius 3 is 2.38 bits per heavy atom. The van der Waals surface area contributed by atoms with Crippen molar-refractivity contribution in [1.29, 1.82) is 5.26 Å². The minimum Gasteiger partial charge on any atom is -0.336 e. The second-order valence-corrected chi connectivity index (χ2v) is 11.4. The summed E-state index contributed by atoms with van der Waals surface area (Å²) in [6.45, 7) is 1.01. The predicted molar refractivity (Wildman–Crippen MR) is 123 cm³/mol. The third-order valence-corrected chi connectivity index (χ3v) is 8.86. The van der Waals surface area contributed by atoms with Crippen LogP contribution in [0.5, 0.6) is 0 Å². The summed E-state index contributed by atoms with van der Waals surface area (Å²) in [5.41, 5.74) is 0.621. The first-order chi connectivity index (χ1) is 16.0. The molecule has 34 heavy (non-hydrogen) atoms. The molecule has 3 aromatic rings. The van der Waals surface area contributed by atoms with Gasteiger partial charge in [-0.1, -0.05) is 23.7 Å². The highest BCUT2D eigenvalue weighted by atomic mass is 35.5. The molecule has 0 saturated heterocycles. The molecule has 5 rings (SSSR count).